The van der Waals surface area contributed by atoms with Gasteiger partial charge in [-0.2, -0.15) is 10.2 Å². The second-order valence-electron chi connectivity index (χ2n) is 15.1. The smallest absolute Gasteiger partial charge is 0.508 e. The van der Waals surface area contributed by atoms with E-state index in [1.54, 1.807) is 12.1 Å². The van der Waals surface area contributed by atoms with Crippen LogP contribution in [0.5, 0.6) is 11.5 Å². The Morgan fingerprint density at radius 3 is 1.89 bits per heavy atom. The molecular weight excluding hydrogens is 881 g/mol. The Kier molecular flexibility index (Phi) is 10.2. The highest BCUT2D eigenvalue weighted by Crippen LogP contribution is 2.67. The molecule has 62 heavy (non-hydrogen) atoms. The van der Waals surface area contributed by atoms with Gasteiger partial charge in [-0.15, -0.1) is 36.4 Å². The van der Waals surface area contributed by atoms with Gasteiger partial charge in [0.1, 0.15) is 17.2 Å². The molecule has 6 atom stereocenters. The molecule has 0 spiro atoms. The summed E-state index contributed by atoms with van der Waals surface area (Å²) in [5.41, 5.74) is -0.969. The van der Waals surface area contributed by atoms with Gasteiger partial charge in [0.2, 0.25) is 17.6 Å². The minimum atomic E-state index is -5.31. The van der Waals surface area contributed by atoms with Crippen LogP contribution in [0.2, 0.25) is 0 Å². The van der Waals surface area contributed by atoms with Crippen LogP contribution in [0.25, 0.3) is 0 Å². The number of benzene rings is 4. The topological polar surface area (TPSA) is 132 Å². The van der Waals surface area contributed by atoms with Crippen molar-refractivity contribution < 1.29 is 64.1 Å². The van der Waals surface area contributed by atoms with Crippen LogP contribution in [0.4, 0.5) is 63.6 Å². The van der Waals surface area contributed by atoms with E-state index in [1.807, 2.05) is 31.1 Å². The first kappa shape index (κ1) is 42.6. The summed E-state index contributed by atoms with van der Waals surface area (Å²) >= 11 is 14.1. The maximum atomic E-state index is 15.3. The predicted molar refractivity (Wildman–Crippen MR) is 205 cm³/mol. The molecule has 2 saturated heterocycles. The normalized spacial score (nSPS) is 25.9. The van der Waals surface area contributed by atoms with Crippen molar-refractivity contribution in [3.05, 3.63) is 113 Å². The van der Waals surface area contributed by atoms with Crippen LogP contribution in [-0.2, 0) is 19.2 Å². The summed E-state index contributed by atoms with van der Waals surface area (Å²) in [6.45, 7) is 0. The van der Waals surface area contributed by atoms with Crippen molar-refractivity contribution in [2.75, 3.05) is 28.8 Å². The fourth-order valence-electron chi connectivity index (χ4n) is 8.73. The number of hydrogen-bond acceptors (Lipinski definition) is 9. The monoisotopic (exact) mass is 907 g/mol. The van der Waals surface area contributed by atoms with Crippen LogP contribution in [0.3, 0.4) is 0 Å². The lowest BCUT2D eigenvalue weighted by Gasteiger charge is -2.50. The standard InChI is InChI=1S/C41H27Cl2F8N5O6/c1-54(2)19-7-3-17(4-8-19)52-53-18-5-9-20(10-6-18)55-35(58)23-13-12-22-25(27(23)36(55)59)16-39(42)37(60)56(34-32(47)30(45)29(44)31(46)33(34)48)38(61)40(39,43)28(22)24-15-21(11-14-26(24)57)62-41(49,50)51/h3-12,14-15,23,25,27-28,57H,13,16H2,1-2H3/t23-,25+,27-,28+,39+,40-/m0/s1. The minimum Gasteiger partial charge on any atom is -0.508 e. The Balaban J connectivity index is 1.21. The van der Waals surface area contributed by atoms with E-state index in [9.17, 15) is 50.6 Å². The molecule has 0 aromatic heterocycles. The van der Waals surface area contributed by atoms with E-state index in [4.69, 9.17) is 23.2 Å². The molecule has 1 saturated carbocycles. The highest BCUT2D eigenvalue weighted by atomic mass is 35.5. The molecule has 0 bridgehead atoms. The molecule has 2 aliphatic carbocycles. The van der Waals surface area contributed by atoms with Gasteiger partial charge in [-0.3, -0.25) is 24.1 Å². The van der Waals surface area contributed by atoms with Crippen LogP contribution < -0.4 is 19.4 Å². The van der Waals surface area contributed by atoms with Crippen molar-refractivity contribution in [2.45, 2.75) is 34.9 Å². The summed E-state index contributed by atoms with van der Waals surface area (Å²) in [7, 11) is 3.75. The minimum absolute atomic E-state index is 0.0733. The number of phenolic OH excluding ortho intramolecular Hbond substituents is 1. The van der Waals surface area contributed by atoms with Gasteiger partial charge < -0.3 is 14.7 Å². The number of rotatable bonds is 7. The number of carbonyl (C=O) groups excluding carboxylic acids is 4. The zero-order valence-corrected chi connectivity index (χ0v) is 33.2. The van der Waals surface area contributed by atoms with Gasteiger partial charge in [0.05, 0.1) is 28.9 Å². The number of halogens is 10. The molecule has 3 fully saturated rings. The number of carbonyl (C=O) groups is 4. The number of phenols is 1. The lowest BCUT2D eigenvalue weighted by molar-refractivity contribution is -0.274. The second kappa shape index (κ2) is 14.8. The molecule has 4 amide bonds. The van der Waals surface area contributed by atoms with Gasteiger partial charge in [-0.1, -0.05) is 11.6 Å². The van der Waals surface area contributed by atoms with E-state index in [1.165, 1.54) is 30.3 Å². The summed E-state index contributed by atoms with van der Waals surface area (Å²) in [5.74, 6) is -26.3. The van der Waals surface area contributed by atoms with Crippen molar-refractivity contribution in [2.24, 2.45) is 28.0 Å². The Morgan fingerprint density at radius 1 is 0.758 bits per heavy atom. The molecule has 2 aliphatic heterocycles. The van der Waals surface area contributed by atoms with Crippen molar-refractivity contribution in [1.29, 1.82) is 0 Å². The number of fused-ring (bicyclic) bond motifs is 4. The molecule has 322 valence electrons. The van der Waals surface area contributed by atoms with Crippen LogP contribution in [0.15, 0.2) is 88.6 Å². The highest BCUT2D eigenvalue weighted by Gasteiger charge is 2.77. The third-order valence-corrected chi connectivity index (χ3v) is 12.9. The Bertz CT molecular complexity index is 2640. The first-order valence-electron chi connectivity index (χ1n) is 18.3. The number of nitrogens with zero attached hydrogens (tertiary/aromatic N) is 5. The van der Waals surface area contributed by atoms with E-state index >= 15 is 8.78 Å². The van der Waals surface area contributed by atoms with Crippen LogP contribution >= 0.6 is 23.2 Å². The van der Waals surface area contributed by atoms with Gasteiger partial charge in [-0.25, -0.2) is 26.9 Å². The Labute approximate surface area is 354 Å². The zero-order valence-electron chi connectivity index (χ0n) is 31.7. The maximum absolute atomic E-state index is 15.3. The van der Waals surface area contributed by atoms with Gasteiger partial charge in [0, 0.05) is 31.3 Å². The third-order valence-electron chi connectivity index (χ3n) is 11.5. The number of imide groups is 2. The van der Waals surface area contributed by atoms with Crippen molar-refractivity contribution in [3.63, 3.8) is 0 Å². The summed E-state index contributed by atoms with van der Waals surface area (Å²) in [6.07, 6.45) is -5.16. The number of azo groups is 1. The summed E-state index contributed by atoms with van der Waals surface area (Å²) < 4.78 is 118. The molecule has 8 rings (SSSR count). The predicted octanol–water partition coefficient (Wildman–Crippen LogP) is 9.24. The van der Waals surface area contributed by atoms with Gasteiger partial charge >= 0.3 is 6.36 Å². The average molecular weight is 909 g/mol. The van der Waals surface area contributed by atoms with Crippen LogP contribution in [0.1, 0.15) is 24.3 Å². The zero-order chi connectivity index (χ0) is 45.0. The molecule has 0 unspecified atom stereocenters. The number of aromatic hydroxyl groups is 1. The molecule has 21 heteroatoms. The largest absolute Gasteiger partial charge is 0.573 e. The first-order valence-corrected chi connectivity index (χ1v) is 19.1. The molecular formula is C41H27Cl2F8N5O6. The average Bonchev–Trinajstić information content (AvgIpc) is 3.56. The fourth-order valence-corrected chi connectivity index (χ4v) is 9.66. The number of ether oxygens (including phenoxy) is 1. The van der Waals surface area contributed by atoms with E-state index < -0.39 is 127 Å². The Morgan fingerprint density at radius 2 is 1.32 bits per heavy atom. The number of anilines is 3. The molecule has 4 aromatic rings. The van der Waals surface area contributed by atoms with Gasteiger partial charge in [0.25, 0.3) is 11.8 Å². The van der Waals surface area contributed by atoms with Crippen molar-refractivity contribution >= 4 is 75.3 Å². The number of alkyl halides is 5. The van der Waals surface area contributed by atoms with Crippen LogP contribution in [0, 0.1) is 46.8 Å². The van der Waals surface area contributed by atoms with E-state index in [0.717, 1.165) is 10.6 Å². The summed E-state index contributed by atoms with van der Waals surface area (Å²) in [5, 5.41) is 19.5. The SMILES string of the molecule is CN(C)c1ccc(N=Nc2ccc(N3C(=O)[C@H]4[C@H](CC=C5[C@H]4C[C@@]4(Cl)C(=O)N(c6c(F)c(F)c(F)c(F)c6F)C(=O)[C@@]4(Cl)[C@H]5c4cc(OC(F)(F)F)ccc4O)C3=O)cc2)cc1. The van der Waals surface area contributed by atoms with E-state index in [2.05, 4.69) is 15.0 Å². The molecule has 4 aromatic carbocycles. The third kappa shape index (κ3) is 6.37. The molecule has 4 aliphatic rings. The van der Waals surface area contributed by atoms with Crippen molar-refractivity contribution in [3.8, 4) is 11.5 Å². The quantitative estimate of drug-likeness (QED) is 0.0372. The second-order valence-corrected chi connectivity index (χ2v) is 16.3. The first-order chi connectivity index (χ1) is 29.1. The number of amides is 4. The van der Waals surface area contributed by atoms with E-state index in [0.29, 0.717) is 29.6 Å². The molecule has 11 nitrogen and oxygen atoms in total. The van der Waals surface area contributed by atoms with Gasteiger partial charge in [-0.05, 0) is 85.5 Å². The van der Waals surface area contributed by atoms with Crippen molar-refractivity contribution in [1.82, 2.24) is 0 Å². The van der Waals surface area contributed by atoms with Crippen LogP contribution in [-0.4, -0.2) is 58.9 Å². The highest BCUT2D eigenvalue weighted by molar-refractivity contribution is 6.58. The van der Waals surface area contributed by atoms with E-state index in [-0.39, 0.29) is 17.7 Å². The molecule has 1 N–H and O–H groups in total. The molecule has 0 radical (unpaired) electrons. The summed E-state index contributed by atoms with van der Waals surface area (Å²) in [6, 6.07) is 14.9. The Hall–Kier alpha value is -6.08. The lowest BCUT2D eigenvalue weighted by atomic mass is 9.56. The molecule has 2 heterocycles. The van der Waals surface area contributed by atoms with Gasteiger partial charge in [0.15, 0.2) is 33.0 Å². The number of allylic oxidation sites excluding steroid dienone is 2. The fraction of sp³-hybridized carbons (Fsp3) is 0.268. The maximum Gasteiger partial charge on any atom is 0.573 e. The summed E-state index contributed by atoms with van der Waals surface area (Å²) in [4.78, 5) is 53.6. The lowest BCUT2D eigenvalue weighted by Crippen LogP contribution is -2.60. The number of hydrogen-bond donors (Lipinski definition) is 1.